The van der Waals surface area contributed by atoms with Crippen molar-refractivity contribution in [2.24, 2.45) is 5.92 Å². The third-order valence-electron chi connectivity index (χ3n) is 7.07. The zero-order chi connectivity index (χ0) is 24.8. The number of aryl methyl sites for hydroxylation is 2. The first-order valence-corrected chi connectivity index (χ1v) is 12.6. The second-order valence-electron chi connectivity index (χ2n) is 9.35. The van der Waals surface area contributed by atoms with E-state index in [4.69, 9.17) is 4.74 Å². The Morgan fingerprint density at radius 2 is 1.60 bits per heavy atom. The van der Waals surface area contributed by atoms with E-state index in [1.54, 1.807) is 24.3 Å². The third-order valence-corrected chi connectivity index (χ3v) is 7.07. The second-order valence-corrected chi connectivity index (χ2v) is 9.35. The number of ether oxygens (including phenoxy) is 1. The lowest BCUT2D eigenvalue weighted by Gasteiger charge is -2.27. The van der Waals surface area contributed by atoms with Crippen LogP contribution in [-0.4, -0.2) is 6.61 Å². The number of hydrogen-bond acceptors (Lipinski definition) is 1. The van der Waals surface area contributed by atoms with E-state index in [1.807, 2.05) is 38.1 Å². The first-order valence-electron chi connectivity index (χ1n) is 12.6. The van der Waals surface area contributed by atoms with Crippen molar-refractivity contribution in [3.8, 4) is 16.9 Å². The van der Waals surface area contributed by atoms with E-state index in [-0.39, 0.29) is 17.3 Å². The average molecular weight is 479 g/mol. The molecule has 0 N–H and O–H groups in total. The fourth-order valence-corrected chi connectivity index (χ4v) is 5.11. The van der Waals surface area contributed by atoms with Gasteiger partial charge in [0.25, 0.3) is 0 Å². The summed E-state index contributed by atoms with van der Waals surface area (Å²) in [6, 6.07) is 15.8. The van der Waals surface area contributed by atoms with Crippen molar-refractivity contribution in [1.29, 1.82) is 0 Å². The molecule has 184 valence electrons. The summed E-state index contributed by atoms with van der Waals surface area (Å²) in [5, 5.41) is 0. The van der Waals surface area contributed by atoms with E-state index >= 15 is 8.78 Å². The van der Waals surface area contributed by atoms with Crippen LogP contribution in [0, 0.1) is 23.4 Å². The van der Waals surface area contributed by atoms with E-state index in [9.17, 15) is 4.39 Å². The smallest absolute Gasteiger partial charge is 0.166 e. The lowest BCUT2D eigenvalue weighted by molar-refractivity contribution is 0.338. The van der Waals surface area contributed by atoms with Crippen LogP contribution >= 0.6 is 0 Å². The monoisotopic (exact) mass is 478 g/mol. The molecule has 3 aromatic rings. The third kappa shape index (κ3) is 5.98. The van der Waals surface area contributed by atoms with E-state index in [2.05, 4.69) is 12.2 Å². The van der Waals surface area contributed by atoms with Crippen LogP contribution in [0.1, 0.15) is 62.1 Å². The Labute approximate surface area is 206 Å². The Kier molecular flexibility index (Phi) is 8.33. The highest BCUT2D eigenvalue weighted by Crippen LogP contribution is 2.39. The molecule has 1 fully saturated rings. The molecule has 0 spiro atoms. The van der Waals surface area contributed by atoms with Crippen LogP contribution in [0.2, 0.25) is 0 Å². The summed E-state index contributed by atoms with van der Waals surface area (Å²) in [5.74, 6) is -0.618. The molecule has 1 aliphatic rings. The summed E-state index contributed by atoms with van der Waals surface area (Å²) in [5.41, 5.74) is 3.05. The highest BCUT2D eigenvalue weighted by molar-refractivity contribution is 5.65. The van der Waals surface area contributed by atoms with E-state index in [0.717, 1.165) is 31.2 Å². The zero-order valence-corrected chi connectivity index (χ0v) is 20.5. The van der Waals surface area contributed by atoms with Gasteiger partial charge in [-0.15, -0.1) is 0 Å². The molecule has 0 aliphatic heterocycles. The van der Waals surface area contributed by atoms with Gasteiger partial charge in [-0.3, -0.25) is 0 Å². The zero-order valence-electron chi connectivity index (χ0n) is 20.5. The lowest BCUT2D eigenvalue weighted by atomic mass is 9.78. The first kappa shape index (κ1) is 25.1. The minimum Gasteiger partial charge on any atom is -0.494 e. The van der Waals surface area contributed by atoms with Gasteiger partial charge in [-0.25, -0.2) is 13.2 Å². The van der Waals surface area contributed by atoms with Gasteiger partial charge in [0, 0.05) is 11.6 Å². The predicted octanol–water partition coefficient (Wildman–Crippen LogP) is 8.80. The van der Waals surface area contributed by atoms with Crippen LogP contribution in [0.4, 0.5) is 13.2 Å². The average Bonchev–Trinajstić information content (AvgIpc) is 2.87. The van der Waals surface area contributed by atoms with Gasteiger partial charge in [-0.2, -0.15) is 0 Å². The summed E-state index contributed by atoms with van der Waals surface area (Å²) < 4.78 is 49.7. The second kappa shape index (κ2) is 11.6. The molecular weight excluding hydrogens is 445 g/mol. The fraction of sp³-hybridized carbons (Fsp3) is 0.355. The fourth-order valence-electron chi connectivity index (χ4n) is 5.11. The number of allylic oxidation sites excluding steroid dienone is 2. The van der Waals surface area contributed by atoms with Crippen LogP contribution < -0.4 is 4.74 Å². The van der Waals surface area contributed by atoms with Gasteiger partial charge in [0.05, 0.1) is 6.61 Å². The minimum absolute atomic E-state index is 0.0745. The molecule has 1 nitrogen and oxygen atoms in total. The molecule has 0 atom stereocenters. The lowest BCUT2D eigenvalue weighted by Crippen LogP contribution is -2.13. The Balaban J connectivity index is 1.42. The summed E-state index contributed by atoms with van der Waals surface area (Å²) in [6.07, 6.45) is 9.28. The van der Waals surface area contributed by atoms with Gasteiger partial charge in [-0.05, 0) is 92.5 Å². The standard InChI is InChI=1S/C31H33F3O/c1-3-5-21-6-11-23(12-7-21)27-18-19-28(31(34)30(27)33)24-13-8-22(9-14-24)10-15-25-16-17-26(35-4-2)20-29(25)32/h3,5,8-9,13-14,16-21,23H,4,6-7,10-12,15H2,1-2H3/b5-3+. The van der Waals surface area contributed by atoms with Gasteiger partial charge in [0.2, 0.25) is 0 Å². The summed E-state index contributed by atoms with van der Waals surface area (Å²) in [6.45, 7) is 4.38. The van der Waals surface area contributed by atoms with Crippen molar-refractivity contribution in [1.82, 2.24) is 0 Å². The molecule has 0 amide bonds. The van der Waals surface area contributed by atoms with Crippen molar-refractivity contribution in [2.75, 3.05) is 6.61 Å². The summed E-state index contributed by atoms with van der Waals surface area (Å²) >= 11 is 0. The van der Waals surface area contributed by atoms with Crippen LogP contribution in [-0.2, 0) is 12.8 Å². The van der Waals surface area contributed by atoms with Gasteiger partial charge in [-0.1, -0.05) is 54.6 Å². The highest BCUT2D eigenvalue weighted by atomic mass is 19.2. The maximum atomic E-state index is 15.1. The quantitative estimate of drug-likeness (QED) is 0.294. The molecule has 1 aliphatic carbocycles. The molecule has 0 radical (unpaired) electrons. The molecule has 4 heteroatoms. The molecule has 0 unspecified atom stereocenters. The van der Waals surface area contributed by atoms with Gasteiger partial charge < -0.3 is 4.74 Å². The first-order chi connectivity index (χ1) is 17.0. The number of halogens is 3. The summed E-state index contributed by atoms with van der Waals surface area (Å²) in [7, 11) is 0. The highest BCUT2D eigenvalue weighted by Gasteiger charge is 2.25. The van der Waals surface area contributed by atoms with Crippen molar-refractivity contribution in [3.05, 3.63) is 101 Å². The predicted molar refractivity (Wildman–Crippen MR) is 136 cm³/mol. The molecule has 0 aromatic heterocycles. The topological polar surface area (TPSA) is 9.23 Å². The molecular formula is C31H33F3O. The minimum atomic E-state index is -0.776. The summed E-state index contributed by atoms with van der Waals surface area (Å²) in [4.78, 5) is 0. The van der Waals surface area contributed by atoms with Crippen molar-refractivity contribution >= 4 is 0 Å². The number of benzene rings is 3. The maximum Gasteiger partial charge on any atom is 0.166 e. The largest absolute Gasteiger partial charge is 0.494 e. The van der Waals surface area contributed by atoms with Gasteiger partial charge >= 0.3 is 0 Å². The van der Waals surface area contributed by atoms with Crippen LogP contribution in [0.5, 0.6) is 5.75 Å². The number of hydrogen-bond donors (Lipinski definition) is 0. The van der Waals surface area contributed by atoms with Gasteiger partial charge in [0.15, 0.2) is 11.6 Å². The molecule has 0 saturated heterocycles. The SMILES string of the molecule is C/C=C/C1CCC(c2ccc(-c3ccc(CCc4ccc(OCC)cc4F)cc3)c(F)c2F)CC1. The normalized spacial score (nSPS) is 18.2. The van der Waals surface area contributed by atoms with Crippen molar-refractivity contribution < 1.29 is 17.9 Å². The molecule has 0 heterocycles. The molecule has 0 bridgehead atoms. The van der Waals surface area contributed by atoms with E-state index in [1.165, 1.54) is 6.07 Å². The number of rotatable bonds is 8. The van der Waals surface area contributed by atoms with E-state index in [0.29, 0.717) is 47.8 Å². The molecule has 1 saturated carbocycles. The maximum absolute atomic E-state index is 15.1. The Bertz CT molecular complexity index is 1160. The molecule has 35 heavy (non-hydrogen) atoms. The Morgan fingerprint density at radius 1 is 0.857 bits per heavy atom. The van der Waals surface area contributed by atoms with Crippen molar-refractivity contribution in [2.45, 2.75) is 58.3 Å². The van der Waals surface area contributed by atoms with Crippen LogP contribution in [0.25, 0.3) is 11.1 Å². The molecule has 3 aromatic carbocycles. The van der Waals surface area contributed by atoms with Crippen LogP contribution in [0.3, 0.4) is 0 Å². The Morgan fingerprint density at radius 3 is 2.26 bits per heavy atom. The Hall–Kier alpha value is -3.01. The van der Waals surface area contributed by atoms with E-state index < -0.39 is 11.6 Å². The van der Waals surface area contributed by atoms with Crippen molar-refractivity contribution in [3.63, 3.8) is 0 Å². The molecule has 4 rings (SSSR count). The van der Waals surface area contributed by atoms with Gasteiger partial charge in [0.1, 0.15) is 11.6 Å². The van der Waals surface area contributed by atoms with Crippen LogP contribution in [0.15, 0.2) is 66.7 Å².